The largest absolute Gasteiger partial charge is 0.370 e. The van der Waals surface area contributed by atoms with Crippen LogP contribution >= 0.6 is 24.0 Å². The summed E-state index contributed by atoms with van der Waals surface area (Å²) in [6, 6.07) is 0. The Bertz CT molecular complexity index is 403. The topological polar surface area (TPSA) is 79.1 Å². The number of aromatic amines is 1. The molecule has 0 unspecified atom stereocenters. The van der Waals surface area contributed by atoms with Gasteiger partial charge in [0.1, 0.15) is 0 Å². The molecule has 0 fully saturated rings. The summed E-state index contributed by atoms with van der Waals surface area (Å²) in [7, 11) is 0. The number of hydrogen-bond donors (Lipinski definition) is 3. The van der Waals surface area contributed by atoms with Crippen LogP contribution in [-0.4, -0.2) is 29.2 Å². The zero-order chi connectivity index (χ0) is 15.3. The highest BCUT2D eigenvalue weighted by atomic mass is 127. The third-order valence-corrected chi connectivity index (χ3v) is 3.66. The Hall–Kier alpha value is -0.790. The van der Waals surface area contributed by atoms with E-state index in [0.29, 0.717) is 5.96 Å². The van der Waals surface area contributed by atoms with Gasteiger partial charge >= 0.3 is 0 Å². The van der Waals surface area contributed by atoms with Crippen LogP contribution in [0, 0.1) is 6.92 Å². The van der Waals surface area contributed by atoms with Gasteiger partial charge in [-0.1, -0.05) is 39.0 Å². The molecule has 0 spiro atoms. The number of guanidine groups is 1. The predicted molar refractivity (Wildman–Crippen MR) is 105 cm³/mol. The van der Waals surface area contributed by atoms with Crippen molar-refractivity contribution in [2.24, 2.45) is 10.7 Å². The Morgan fingerprint density at radius 2 is 1.95 bits per heavy atom. The van der Waals surface area contributed by atoms with Crippen molar-refractivity contribution in [3.05, 3.63) is 17.5 Å². The van der Waals surface area contributed by atoms with Crippen LogP contribution in [0.1, 0.15) is 63.1 Å². The first-order valence-corrected chi connectivity index (χ1v) is 8.26. The van der Waals surface area contributed by atoms with Crippen molar-refractivity contribution < 1.29 is 0 Å². The van der Waals surface area contributed by atoms with Gasteiger partial charge in [-0.3, -0.25) is 10.1 Å². The quantitative estimate of drug-likeness (QED) is 0.221. The summed E-state index contributed by atoms with van der Waals surface area (Å²) in [5, 5.41) is 10.1. The van der Waals surface area contributed by atoms with Crippen LogP contribution in [0.25, 0.3) is 0 Å². The molecule has 1 rings (SSSR count). The maximum atomic E-state index is 5.85. The fourth-order valence-electron chi connectivity index (χ4n) is 2.27. The number of H-pyrrole nitrogens is 1. The molecule has 0 bridgehead atoms. The predicted octanol–water partition coefficient (Wildman–Crippen LogP) is 3.53. The second-order valence-electron chi connectivity index (χ2n) is 5.59. The summed E-state index contributed by atoms with van der Waals surface area (Å²) in [6.07, 6.45) is 11.7. The van der Waals surface area contributed by atoms with E-state index in [0.717, 1.165) is 31.6 Å². The van der Waals surface area contributed by atoms with Crippen LogP contribution in [0.15, 0.2) is 11.2 Å². The first kappa shape index (κ1) is 21.2. The van der Waals surface area contributed by atoms with Gasteiger partial charge in [0, 0.05) is 18.8 Å². The number of nitrogens with zero attached hydrogens (tertiary/aromatic N) is 2. The Morgan fingerprint density at radius 1 is 1.23 bits per heavy atom. The Labute approximate surface area is 152 Å². The van der Waals surface area contributed by atoms with Crippen molar-refractivity contribution >= 4 is 29.9 Å². The van der Waals surface area contributed by atoms with Crippen LogP contribution in [-0.2, 0) is 6.42 Å². The second-order valence-corrected chi connectivity index (χ2v) is 5.59. The number of unbranched alkanes of at least 4 members (excludes halogenated alkanes) is 5. The number of halogens is 1. The minimum atomic E-state index is 0. The molecule has 1 aromatic rings. The van der Waals surface area contributed by atoms with E-state index in [-0.39, 0.29) is 24.0 Å². The van der Waals surface area contributed by atoms with Gasteiger partial charge in [-0.25, -0.2) is 0 Å². The standard InChI is InChI=1S/C16H31N5.HI/c1-3-4-5-6-7-8-11-18-16(17)19-12-9-10-15-13-20-21-14(15)2;/h13H,3-12H2,1-2H3,(H,20,21)(H3,17,18,19);1H. The Balaban J connectivity index is 0.00000441. The Kier molecular flexibility index (Phi) is 13.3. The molecule has 0 aliphatic rings. The molecule has 0 radical (unpaired) electrons. The van der Waals surface area contributed by atoms with E-state index in [1.54, 1.807) is 0 Å². The van der Waals surface area contributed by atoms with Crippen molar-refractivity contribution in [3.8, 4) is 0 Å². The van der Waals surface area contributed by atoms with Crippen LogP contribution < -0.4 is 11.1 Å². The van der Waals surface area contributed by atoms with Gasteiger partial charge in [0.05, 0.1) is 6.20 Å². The molecule has 0 saturated carbocycles. The second kappa shape index (κ2) is 13.8. The Morgan fingerprint density at radius 3 is 2.64 bits per heavy atom. The van der Waals surface area contributed by atoms with Crippen molar-refractivity contribution in [1.29, 1.82) is 0 Å². The molecule has 0 amide bonds. The maximum Gasteiger partial charge on any atom is 0.188 e. The van der Waals surface area contributed by atoms with E-state index in [4.69, 9.17) is 5.73 Å². The normalized spacial score (nSPS) is 11.3. The number of aromatic nitrogens is 2. The monoisotopic (exact) mass is 421 g/mol. The summed E-state index contributed by atoms with van der Waals surface area (Å²) in [5.41, 5.74) is 8.26. The van der Waals surface area contributed by atoms with Gasteiger partial charge in [0.2, 0.25) is 0 Å². The van der Waals surface area contributed by atoms with Crippen LogP contribution in [0.5, 0.6) is 0 Å². The number of rotatable bonds is 11. The number of aryl methyl sites for hydroxylation is 2. The fourth-order valence-corrected chi connectivity index (χ4v) is 2.27. The molecule has 0 aliphatic carbocycles. The van der Waals surface area contributed by atoms with E-state index < -0.39 is 0 Å². The van der Waals surface area contributed by atoms with Crippen molar-refractivity contribution in [3.63, 3.8) is 0 Å². The minimum Gasteiger partial charge on any atom is -0.370 e. The maximum absolute atomic E-state index is 5.85. The van der Waals surface area contributed by atoms with Crippen LogP contribution in [0.4, 0.5) is 0 Å². The molecular weight excluding hydrogens is 389 g/mol. The van der Waals surface area contributed by atoms with Gasteiger partial charge in [0.15, 0.2) is 5.96 Å². The van der Waals surface area contributed by atoms with E-state index in [1.165, 1.54) is 44.1 Å². The highest BCUT2D eigenvalue weighted by Gasteiger charge is 1.99. The minimum absolute atomic E-state index is 0. The summed E-state index contributed by atoms with van der Waals surface area (Å²) in [5.74, 6) is 0.576. The molecule has 128 valence electrons. The molecule has 4 N–H and O–H groups in total. The van der Waals surface area contributed by atoms with Gasteiger partial charge in [-0.05, 0) is 31.7 Å². The lowest BCUT2D eigenvalue weighted by atomic mass is 10.1. The van der Waals surface area contributed by atoms with Crippen molar-refractivity contribution in [2.75, 3.05) is 13.1 Å². The lowest BCUT2D eigenvalue weighted by Crippen LogP contribution is -2.32. The third-order valence-electron chi connectivity index (χ3n) is 3.66. The molecule has 6 heteroatoms. The first-order chi connectivity index (χ1) is 10.2. The summed E-state index contributed by atoms with van der Waals surface area (Å²) in [6.45, 7) is 5.98. The highest BCUT2D eigenvalue weighted by molar-refractivity contribution is 14.0. The van der Waals surface area contributed by atoms with E-state index >= 15 is 0 Å². The first-order valence-electron chi connectivity index (χ1n) is 8.26. The molecule has 0 atom stereocenters. The van der Waals surface area contributed by atoms with E-state index in [2.05, 4.69) is 27.4 Å². The molecule has 1 aromatic heterocycles. The van der Waals surface area contributed by atoms with E-state index in [1.807, 2.05) is 13.1 Å². The third kappa shape index (κ3) is 10.0. The van der Waals surface area contributed by atoms with Crippen molar-refractivity contribution in [2.45, 2.75) is 65.2 Å². The molecule has 22 heavy (non-hydrogen) atoms. The lowest BCUT2D eigenvalue weighted by Gasteiger charge is -2.05. The van der Waals surface area contributed by atoms with Gasteiger partial charge in [0.25, 0.3) is 0 Å². The van der Waals surface area contributed by atoms with Crippen LogP contribution in [0.3, 0.4) is 0 Å². The summed E-state index contributed by atoms with van der Waals surface area (Å²) < 4.78 is 0. The molecule has 1 heterocycles. The SMILES string of the molecule is CCCCCCCCNC(N)=NCCCc1cn[nH]c1C.I. The zero-order valence-corrected chi connectivity index (χ0v) is 16.4. The summed E-state index contributed by atoms with van der Waals surface area (Å²) in [4.78, 5) is 4.35. The molecule has 5 nitrogen and oxygen atoms in total. The fraction of sp³-hybridized carbons (Fsp3) is 0.750. The van der Waals surface area contributed by atoms with Gasteiger partial charge in [-0.2, -0.15) is 5.10 Å². The molecular formula is C16H32IN5. The number of nitrogens with two attached hydrogens (primary N) is 1. The van der Waals surface area contributed by atoms with E-state index in [9.17, 15) is 0 Å². The average Bonchev–Trinajstić information content (AvgIpc) is 2.88. The van der Waals surface area contributed by atoms with Gasteiger partial charge < -0.3 is 11.1 Å². The summed E-state index contributed by atoms with van der Waals surface area (Å²) >= 11 is 0. The lowest BCUT2D eigenvalue weighted by molar-refractivity contribution is 0.601. The van der Waals surface area contributed by atoms with Crippen LogP contribution in [0.2, 0.25) is 0 Å². The van der Waals surface area contributed by atoms with Crippen molar-refractivity contribution in [1.82, 2.24) is 15.5 Å². The van der Waals surface area contributed by atoms with Gasteiger partial charge in [-0.15, -0.1) is 24.0 Å². The molecule has 0 aromatic carbocycles. The average molecular weight is 421 g/mol. The number of aliphatic imine (C=N–C) groups is 1. The number of hydrogen-bond acceptors (Lipinski definition) is 2. The zero-order valence-electron chi connectivity index (χ0n) is 14.0. The highest BCUT2D eigenvalue weighted by Crippen LogP contribution is 2.05. The molecule has 0 saturated heterocycles. The smallest absolute Gasteiger partial charge is 0.188 e. The number of nitrogens with one attached hydrogen (secondary N) is 2. The molecule has 0 aliphatic heterocycles.